The van der Waals surface area contributed by atoms with Crippen molar-refractivity contribution in [1.82, 2.24) is 14.5 Å². The smallest absolute Gasteiger partial charge is 0.115 e. The predicted octanol–water partition coefficient (Wildman–Crippen LogP) is 3.15. The fraction of sp³-hybridized carbons (Fsp3) is 0.235. The molecule has 20 heavy (non-hydrogen) atoms. The third-order valence-corrected chi connectivity index (χ3v) is 3.36. The highest BCUT2D eigenvalue weighted by Crippen LogP contribution is 2.18. The summed E-state index contributed by atoms with van der Waals surface area (Å²) in [6.07, 6.45) is 0.864. The number of benzene rings is 2. The summed E-state index contributed by atoms with van der Waals surface area (Å²) in [5.74, 6) is 1.12. The lowest BCUT2D eigenvalue weighted by Crippen LogP contribution is -2.18. The van der Waals surface area contributed by atoms with Gasteiger partial charge in [0.2, 0.25) is 0 Å². The van der Waals surface area contributed by atoms with E-state index >= 15 is 0 Å². The molecule has 0 aliphatic heterocycles. The Morgan fingerprint density at radius 1 is 0.950 bits per heavy atom. The zero-order chi connectivity index (χ0) is 13.9. The fourth-order valence-electron chi connectivity index (χ4n) is 2.48. The van der Waals surface area contributed by atoms with Gasteiger partial charge in [0.15, 0.2) is 0 Å². The van der Waals surface area contributed by atoms with Gasteiger partial charge in [-0.2, -0.15) is 0 Å². The van der Waals surface area contributed by atoms with E-state index in [-0.39, 0.29) is 0 Å². The molecule has 0 aliphatic rings. The van der Waals surface area contributed by atoms with Crippen LogP contribution in [-0.2, 0) is 13.1 Å². The molecule has 0 aliphatic carbocycles. The number of aromatic nitrogens is 2. The first-order valence-corrected chi connectivity index (χ1v) is 6.87. The summed E-state index contributed by atoms with van der Waals surface area (Å²) in [6, 6.07) is 18.8. The molecular formula is C17H19N3. The molecule has 0 bridgehead atoms. The summed E-state index contributed by atoms with van der Waals surface area (Å²) in [6.45, 7) is 0.850. The number of hydrogen-bond acceptors (Lipinski definition) is 2. The minimum atomic E-state index is 0.850. The zero-order valence-electron chi connectivity index (χ0n) is 12.0. The maximum Gasteiger partial charge on any atom is 0.115 e. The van der Waals surface area contributed by atoms with Gasteiger partial charge in [-0.3, -0.25) is 4.90 Å². The molecule has 3 rings (SSSR count). The Kier molecular flexibility index (Phi) is 3.52. The van der Waals surface area contributed by atoms with Crippen molar-refractivity contribution in [1.29, 1.82) is 0 Å². The van der Waals surface area contributed by atoms with Crippen molar-refractivity contribution < 1.29 is 0 Å². The monoisotopic (exact) mass is 265 g/mol. The van der Waals surface area contributed by atoms with Gasteiger partial charge in [0.25, 0.3) is 0 Å². The summed E-state index contributed by atoms with van der Waals surface area (Å²) < 4.78 is 2.29. The lowest BCUT2D eigenvalue weighted by molar-refractivity contribution is 0.327. The molecule has 0 fully saturated rings. The molecule has 0 saturated carbocycles. The van der Waals surface area contributed by atoms with E-state index in [1.165, 1.54) is 11.1 Å². The van der Waals surface area contributed by atoms with E-state index in [0.717, 1.165) is 24.4 Å². The molecule has 0 unspecified atom stereocenters. The zero-order valence-corrected chi connectivity index (χ0v) is 12.0. The van der Waals surface area contributed by atoms with Gasteiger partial charge in [0.05, 0.1) is 17.7 Å². The van der Waals surface area contributed by atoms with Crippen LogP contribution in [0.25, 0.3) is 11.0 Å². The summed E-state index contributed by atoms with van der Waals surface area (Å²) >= 11 is 0. The second-order valence-corrected chi connectivity index (χ2v) is 5.33. The minimum Gasteiger partial charge on any atom is -0.314 e. The molecule has 0 atom stereocenters. The number of nitrogens with zero attached hydrogens (tertiary/aromatic N) is 3. The van der Waals surface area contributed by atoms with Crippen LogP contribution in [-0.4, -0.2) is 28.5 Å². The first-order chi connectivity index (χ1) is 9.74. The summed E-state index contributed by atoms with van der Waals surface area (Å²) in [5.41, 5.74) is 3.57. The molecule has 0 saturated heterocycles. The van der Waals surface area contributed by atoms with Crippen molar-refractivity contribution in [2.45, 2.75) is 13.1 Å². The van der Waals surface area contributed by atoms with Crippen LogP contribution in [0.4, 0.5) is 0 Å². The van der Waals surface area contributed by atoms with E-state index in [2.05, 4.69) is 66.0 Å². The Bertz CT molecular complexity index is 699. The second-order valence-electron chi connectivity index (χ2n) is 5.33. The normalized spacial score (nSPS) is 11.3. The van der Waals surface area contributed by atoms with Gasteiger partial charge in [-0.25, -0.2) is 4.98 Å². The highest BCUT2D eigenvalue weighted by atomic mass is 15.2. The topological polar surface area (TPSA) is 21.1 Å². The van der Waals surface area contributed by atoms with Gasteiger partial charge in [0.1, 0.15) is 5.82 Å². The predicted molar refractivity (Wildman–Crippen MR) is 82.7 cm³/mol. The summed E-state index contributed by atoms with van der Waals surface area (Å²) in [5, 5.41) is 0. The molecule has 3 aromatic rings. The largest absolute Gasteiger partial charge is 0.314 e. The van der Waals surface area contributed by atoms with Crippen molar-refractivity contribution in [3.05, 3.63) is 66.0 Å². The van der Waals surface area contributed by atoms with Gasteiger partial charge < -0.3 is 4.57 Å². The van der Waals surface area contributed by atoms with Crippen LogP contribution in [0.15, 0.2) is 54.6 Å². The fourth-order valence-corrected chi connectivity index (χ4v) is 2.48. The third-order valence-electron chi connectivity index (χ3n) is 3.36. The Labute approximate surface area is 119 Å². The molecular weight excluding hydrogens is 246 g/mol. The lowest BCUT2D eigenvalue weighted by atomic mass is 10.1. The average molecular weight is 265 g/mol. The van der Waals surface area contributed by atoms with Crippen LogP contribution in [0.1, 0.15) is 11.4 Å². The standard InChI is InChI=1S/C17H19N3/c1-19(2)13-20-16-11-7-6-10-15(16)18-17(20)12-14-8-4-3-5-9-14/h3-11H,12-13H2,1-2H3. The molecule has 1 aromatic heterocycles. The van der Waals surface area contributed by atoms with Crippen LogP contribution in [0, 0.1) is 0 Å². The van der Waals surface area contributed by atoms with E-state index < -0.39 is 0 Å². The third kappa shape index (κ3) is 2.58. The molecule has 0 spiro atoms. The van der Waals surface area contributed by atoms with Crippen LogP contribution in [0.5, 0.6) is 0 Å². The number of para-hydroxylation sites is 2. The molecule has 0 amide bonds. The lowest BCUT2D eigenvalue weighted by Gasteiger charge is -2.14. The number of imidazole rings is 1. The van der Waals surface area contributed by atoms with Crippen molar-refractivity contribution >= 4 is 11.0 Å². The number of fused-ring (bicyclic) bond motifs is 1. The Balaban J connectivity index is 2.04. The van der Waals surface area contributed by atoms with Gasteiger partial charge in [-0.1, -0.05) is 42.5 Å². The SMILES string of the molecule is CN(C)Cn1c(Cc2ccccc2)nc2ccccc21. The molecule has 2 aromatic carbocycles. The highest BCUT2D eigenvalue weighted by molar-refractivity contribution is 5.76. The van der Waals surface area contributed by atoms with Crippen molar-refractivity contribution in [3.63, 3.8) is 0 Å². The van der Waals surface area contributed by atoms with Gasteiger partial charge in [0, 0.05) is 6.42 Å². The maximum absolute atomic E-state index is 4.80. The number of hydrogen-bond donors (Lipinski definition) is 0. The van der Waals surface area contributed by atoms with Crippen LogP contribution >= 0.6 is 0 Å². The van der Waals surface area contributed by atoms with E-state index in [9.17, 15) is 0 Å². The van der Waals surface area contributed by atoms with E-state index in [0.29, 0.717) is 0 Å². The summed E-state index contributed by atoms with van der Waals surface area (Å²) in [7, 11) is 4.17. The van der Waals surface area contributed by atoms with Crippen molar-refractivity contribution in [2.24, 2.45) is 0 Å². The maximum atomic E-state index is 4.80. The molecule has 1 heterocycles. The molecule has 3 nitrogen and oxygen atoms in total. The first kappa shape index (κ1) is 12.9. The van der Waals surface area contributed by atoms with Crippen molar-refractivity contribution in [2.75, 3.05) is 14.1 Å². The van der Waals surface area contributed by atoms with Crippen LogP contribution in [0.3, 0.4) is 0 Å². The van der Waals surface area contributed by atoms with Gasteiger partial charge in [-0.05, 0) is 31.8 Å². The van der Waals surface area contributed by atoms with Crippen LogP contribution in [0.2, 0.25) is 0 Å². The Morgan fingerprint density at radius 2 is 1.65 bits per heavy atom. The summed E-state index contributed by atoms with van der Waals surface area (Å²) in [4.78, 5) is 6.97. The van der Waals surface area contributed by atoms with Crippen LogP contribution < -0.4 is 0 Å². The van der Waals surface area contributed by atoms with E-state index in [4.69, 9.17) is 4.98 Å². The molecule has 3 heteroatoms. The molecule has 0 N–H and O–H groups in total. The van der Waals surface area contributed by atoms with E-state index in [1.807, 2.05) is 12.1 Å². The number of rotatable bonds is 4. The Hall–Kier alpha value is -2.13. The van der Waals surface area contributed by atoms with Gasteiger partial charge >= 0.3 is 0 Å². The van der Waals surface area contributed by atoms with Crippen molar-refractivity contribution in [3.8, 4) is 0 Å². The van der Waals surface area contributed by atoms with Gasteiger partial charge in [-0.15, -0.1) is 0 Å². The second kappa shape index (κ2) is 5.47. The highest BCUT2D eigenvalue weighted by Gasteiger charge is 2.11. The minimum absolute atomic E-state index is 0.850. The molecule has 0 radical (unpaired) electrons. The first-order valence-electron chi connectivity index (χ1n) is 6.87. The van der Waals surface area contributed by atoms with E-state index in [1.54, 1.807) is 0 Å². The quantitative estimate of drug-likeness (QED) is 0.722. The Morgan fingerprint density at radius 3 is 2.40 bits per heavy atom. The molecule has 102 valence electrons. The average Bonchev–Trinajstić information content (AvgIpc) is 2.78.